The van der Waals surface area contributed by atoms with Crippen LogP contribution in [0.4, 0.5) is 5.69 Å². The van der Waals surface area contributed by atoms with E-state index in [9.17, 15) is 9.59 Å². The molecule has 2 heterocycles. The van der Waals surface area contributed by atoms with Crippen LogP contribution in [0.15, 0.2) is 48.7 Å². The molecule has 0 unspecified atom stereocenters. The Morgan fingerprint density at radius 1 is 1.14 bits per heavy atom. The van der Waals surface area contributed by atoms with Crippen molar-refractivity contribution in [3.63, 3.8) is 0 Å². The number of pyridine rings is 1. The van der Waals surface area contributed by atoms with Gasteiger partial charge >= 0.3 is 0 Å². The number of anilines is 1. The van der Waals surface area contributed by atoms with Crippen molar-refractivity contribution < 1.29 is 9.59 Å². The van der Waals surface area contributed by atoms with Crippen molar-refractivity contribution in [3.8, 4) is 10.7 Å². The van der Waals surface area contributed by atoms with Gasteiger partial charge in [-0.05, 0) is 42.7 Å². The van der Waals surface area contributed by atoms with E-state index in [1.54, 1.807) is 6.20 Å². The zero-order chi connectivity index (χ0) is 20.8. The van der Waals surface area contributed by atoms with Crippen molar-refractivity contribution in [2.75, 3.05) is 5.32 Å². The number of nitrogens with zero attached hydrogens (tertiary/aromatic N) is 2. The van der Waals surface area contributed by atoms with Gasteiger partial charge in [-0.25, -0.2) is 4.98 Å². The van der Waals surface area contributed by atoms with Gasteiger partial charge in [0.1, 0.15) is 9.88 Å². The van der Waals surface area contributed by atoms with E-state index < -0.39 is 0 Å². The van der Waals surface area contributed by atoms with Gasteiger partial charge in [-0.2, -0.15) is 0 Å². The molecule has 6 nitrogen and oxygen atoms in total. The number of thiazole rings is 1. The minimum Gasteiger partial charge on any atom is -0.347 e. The van der Waals surface area contributed by atoms with Crippen LogP contribution in [0.2, 0.25) is 0 Å². The van der Waals surface area contributed by atoms with Gasteiger partial charge in [0.05, 0.1) is 11.4 Å². The van der Waals surface area contributed by atoms with Gasteiger partial charge in [0.15, 0.2) is 0 Å². The molecule has 150 valence electrons. The molecule has 1 aromatic carbocycles. The first-order chi connectivity index (χ1) is 13.9. The molecule has 29 heavy (non-hydrogen) atoms. The number of hydrogen-bond donors (Lipinski definition) is 2. The van der Waals surface area contributed by atoms with Crippen LogP contribution in [0, 0.1) is 12.8 Å². The van der Waals surface area contributed by atoms with Gasteiger partial charge in [0.25, 0.3) is 5.91 Å². The molecule has 3 rings (SSSR count). The Kier molecular flexibility index (Phi) is 6.72. The highest BCUT2D eigenvalue weighted by Crippen LogP contribution is 2.26. The minimum absolute atomic E-state index is 0.0106. The summed E-state index contributed by atoms with van der Waals surface area (Å²) in [6, 6.07) is 13.1. The summed E-state index contributed by atoms with van der Waals surface area (Å²) in [5.74, 6) is 0.121. The standard InChI is InChI=1S/C22H24N4O2S/c1-14(2)11-19(27)26-17-8-6-7-16(12-17)13-24-21(28)20-15(3)25-22(29-20)18-9-4-5-10-23-18/h4-10,12,14H,11,13H2,1-3H3,(H,24,28)(H,26,27). The highest BCUT2D eigenvalue weighted by molar-refractivity contribution is 7.17. The zero-order valence-electron chi connectivity index (χ0n) is 16.7. The van der Waals surface area contributed by atoms with Crippen LogP contribution in [0.1, 0.15) is 41.2 Å². The maximum Gasteiger partial charge on any atom is 0.263 e. The number of amides is 2. The Morgan fingerprint density at radius 2 is 1.97 bits per heavy atom. The predicted molar refractivity (Wildman–Crippen MR) is 116 cm³/mol. The summed E-state index contributed by atoms with van der Waals surface area (Å²) < 4.78 is 0. The number of nitrogens with one attached hydrogen (secondary N) is 2. The number of aryl methyl sites for hydroxylation is 1. The lowest BCUT2D eigenvalue weighted by molar-refractivity contribution is -0.116. The lowest BCUT2D eigenvalue weighted by Crippen LogP contribution is -2.22. The summed E-state index contributed by atoms with van der Waals surface area (Å²) in [5.41, 5.74) is 3.08. The predicted octanol–water partition coefficient (Wildman–Crippen LogP) is 4.43. The average Bonchev–Trinajstić information content (AvgIpc) is 3.08. The van der Waals surface area contributed by atoms with Gasteiger partial charge in [-0.15, -0.1) is 11.3 Å². The zero-order valence-corrected chi connectivity index (χ0v) is 17.5. The molecule has 0 atom stereocenters. The van der Waals surface area contributed by atoms with Crippen molar-refractivity contribution >= 4 is 28.8 Å². The molecule has 2 amide bonds. The Labute approximate surface area is 174 Å². The normalized spacial score (nSPS) is 10.8. The van der Waals surface area contributed by atoms with Gasteiger partial charge in [0, 0.05) is 24.8 Å². The lowest BCUT2D eigenvalue weighted by atomic mass is 10.1. The van der Waals surface area contributed by atoms with Crippen molar-refractivity contribution in [2.24, 2.45) is 5.92 Å². The molecular weight excluding hydrogens is 384 g/mol. The molecule has 3 aromatic rings. The van der Waals surface area contributed by atoms with E-state index in [4.69, 9.17) is 0 Å². The quantitative estimate of drug-likeness (QED) is 0.606. The van der Waals surface area contributed by atoms with E-state index >= 15 is 0 Å². The molecular formula is C22H24N4O2S. The number of hydrogen-bond acceptors (Lipinski definition) is 5. The van der Waals surface area contributed by atoms with Crippen LogP contribution in [0.25, 0.3) is 10.7 Å². The second kappa shape index (κ2) is 9.43. The van der Waals surface area contributed by atoms with Crippen LogP contribution >= 0.6 is 11.3 Å². The van der Waals surface area contributed by atoms with Gasteiger partial charge in [-0.1, -0.05) is 32.0 Å². The lowest BCUT2D eigenvalue weighted by Gasteiger charge is -2.09. The first-order valence-corrected chi connectivity index (χ1v) is 10.3. The minimum atomic E-state index is -0.170. The van der Waals surface area contributed by atoms with Crippen molar-refractivity contribution in [1.82, 2.24) is 15.3 Å². The smallest absolute Gasteiger partial charge is 0.263 e. The Balaban J connectivity index is 1.63. The second-order valence-electron chi connectivity index (χ2n) is 7.18. The number of carbonyl (C=O) groups is 2. The number of rotatable bonds is 7. The van der Waals surface area contributed by atoms with Gasteiger partial charge < -0.3 is 10.6 Å². The average molecular weight is 409 g/mol. The highest BCUT2D eigenvalue weighted by Gasteiger charge is 2.16. The van der Waals surface area contributed by atoms with E-state index in [0.29, 0.717) is 29.5 Å². The molecule has 2 N–H and O–H groups in total. The summed E-state index contributed by atoms with van der Waals surface area (Å²) in [6.45, 7) is 6.20. The highest BCUT2D eigenvalue weighted by atomic mass is 32.1. The fourth-order valence-corrected chi connectivity index (χ4v) is 3.77. The molecule has 0 aliphatic heterocycles. The molecule has 0 saturated carbocycles. The van der Waals surface area contributed by atoms with Crippen molar-refractivity contribution in [3.05, 3.63) is 64.8 Å². The molecule has 0 spiro atoms. The van der Waals surface area contributed by atoms with Crippen molar-refractivity contribution in [1.29, 1.82) is 0 Å². The second-order valence-corrected chi connectivity index (χ2v) is 8.18. The molecule has 0 aliphatic carbocycles. The molecule has 0 fully saturated rings. The first kappa shape index (κ1) is 20.7. The molecule has 0 radical (unpaired) electrons. The molecule has 0 bridgehead atoms. The Bertz CT molecular complexity index is 999. The largest absolute Gasteiger partial charge is 0.347 e. The first-order valence-electron chi connectivity index (χ1n) is 9.48. The number of benzene rings is 1. The Morgan fingerprint density at radius 3 is 2.69 bits per heavy atom. The van der Waals surface area contributed by atoms with E-state index in [1.165, 1.54) is 11.3 Å². The number of carbonyl (C=O) groups excluding carboxylic acids is 2. The van der Waals surface area contributed by atoms with Crippen LogP contribution in [-0.2, 0) is 11.3 Å². The fraction of sp³-hybridized carbons (Fsp3) is 0.273. The third-order valence-electron chi connectivity index (χ3n) is 4.14. The summed E-state index contributed by atoms with van der Waals surface area (Å²) in [4.78, 5) is 33.9. The molecule has 2 aromatic heterocycles. The molecule has 7 heteroatoms. The van der Waals surface area contributed by atoms with Gasteiger partial charge in [0.2, 0.25) is 5.91 Å². The van der Waals surface area contributed by atoms with E-state index in [1.807, 2.05) is 63.2 Å². The van der Waals surface area contributed by atoms with Crippen molar-refractivity contribution in [2.45, 2.75) is 33.7 Å². The van der Waals surface area contributed by atoms with E-state index in [-0.39, 0.29) is 11.8 Å². The van der Waals surface area contributed by atoms with E-state index in [0.717, 1.165) is 22.0 Å². The maximum atomic E-state index is 12.6. The van der Waals surface area contributed by atoms with E-state index in [2.05, 4.69) is 20.6 Å². The van der Waals surface area contributed by atoms with Gasteiger partial charge in [-0.3, -0.25) is 14.6 Å². The fourth-order valence-electron chi connectivity index (χ4n) is 2.81. The van der Waals surface area contributed by atoms with Crippen LogP contribution in [-0.4, -0.2) is 21.8 Å². The monoisotopic (exact) mass is 408 g/mol. The summed E-state index contributed by atoms with van der Waals surface area (Å²) in [6.07, 6.45) is 2.18. The van der Waals surface area contributed by atoms with Crippen LogP contribution in [0.5, 0.6) is 0 Å². The molecule has 0 aliphatic rings. The van der Waals surface area contributed by atoms with Crippen LogP contribution in [0.3, 0.4) is 0 Å². The number of aromatic nitrogens is 2. The van der Waals surface area contributed by atoms with Crippen LogP contribution < -0.4 is 10.6 Å². The third kappa shape index (κ3) is 5.71. The summed E-state index contributed by atoms with van der Waals surface area (Å²) >= 11 is 1.33. The topological polar surface area (TPSA) is 84.0 Å². The summed E-state index contributed by atoms with van der Waals surface area (Å²) in [7, 11) is 0. The molecule has 0 saturated heterocycles. The SMILES string of the molecule is Cc1nc(-c2ccccn2)sc1C(=O)NCc1cccc(NC(=O)CC(C)C)c1. The maximum absolute atomic E-state index is 12.6. The third-order valence-corrected chi connectivity index (χ3v) is 5.32. The summed E-state index contributed by atoms with van der Waals surface area (Å²) in [5, 5.41) is 6.55. The Hall–Kier alpha value is -3.06.